The van der Waals surface area contributed by atoms with Crippen molar-refractivity contribution in [1.82, 2.24) is 15.5 Å². The summed E-state index contributed by atoms with van der Waals surface area (Å²) in [6.07, 6.45) is 6.87. The van der Waals surface area contributed by atoms with Crippen LogP contribution in [0.5, 0.6) is 11.5 Å². The van der Waals surface area contributed by atoms with E-state index in [0.29, 0.717) is 5.41 Å². The van der Waals surface area contributed by atoms with Gasteiger partial charge in [-0.2, -0.15) is 0 Å². The summed E-state index contributed by atoms with van der Waals surface area (Å²) in [4.78, 5) is 7.53. The van der Waals surface area contributed by atoms with Gasteiger partial charge in [0.1, 0.15) is 0 Å². The Morgan fingerprint density at radius 1 is 1.15 bits per heavy atom. The van der Waals surface area contributed by atoms with Crippen LogP contribution in [0.4, 0.5) is 0 Å². The Balaban J connectivity index is 0.00000306. The van der Waals surface area contributed by atoms with E-state index >= 15 is 0 Å². The van der Waals surface area contributed by atoms with Gasteiger partial charge in [-0.1, -0.05) is 12.5 Å². The average Bonchev–Trinajstić information content (AvgIpc) is 3.64. The van der Waals surface area contributed by atoms with Gasteiger partial charge >= 0.3 is 0 Å². The Labute approximate surface area is 216 Å². The normalized spacial score (nSPS) is 21.4. The van der Waals surface area contributed by atoms with E-state index < -0.39 is 0 Å². The Morgan fingerprint density at radius 2 is 1.88 bits per heavy atom. The molecule has 1 aromatic rings. The van der Waals surface area contributed by atoms with Crippen LogP contribution in [0.1, 0.15) is 50.6 Å². The number of benzene rings is 1. The summed E-state index contributed by atoms with van der Waals surface area (Å²) in [5.74, 6) is 3.36. The number of nitrogens with one attached hydrogen (secondary N) is 2. The van der Waals surface area contributed by atoms with E-state index in [1.54, 1.807) is 14.2 Å². The second kappa shape index (κ2) is 12.4. The smallest absolute Gasteiger partial charge is 0.191 e. The number of hydrogen-bond acceptors (Lipinski definition) is 5. The lowest BCUT2D eigenvalue weighted by molar-refractivity contribution is 0.0169. The Bertz CT molecular complexity index is 777. The molecular weight excluding hydrogens is 531 g/mol. The molecule has 186 valence electrons. The molecule has 1 heterocycles. The lowest BCUT2D eigenvalue weighted by Gasteiger charge is -2.41. The average molecular weight is 573 g/mol. The summed E-state index contributed by atoms with van der Waals surface area (Å²) >= 11 is 0. The standard InChI is InChI=1S/C25H40N4O3.HI/c1-4-26-24(28-18-25(10-5-11-25)20-7-8-20)27-17-21(29-12-14-32-15-13-29)19-6-9-22(30-2)23(16-19)31-3;/h6,9,16,20-21H,4-5,7-8,10-15,17-18H2,1-3H3,(H2,26,27,28);1H. The third-order valence-corrected chi connectivity index (χ3v) is 7.43. The summed E-state index contributed by atoms with van der Waals surface area (Å²) in [5, 5.41) is 7.11. The lowest BCUT2D eigenvalue weighted by Crippen LogP contribution is -2.47. The molecule has 1 atom stereocenters. The van der Waals surface area contributed by atoms with E-state index in [4.69, 9.17) is 19.2 Å². The number of nitrogens with zero attached hydrogens (tertiary/aromatic N) is 2. The Hall–Kier alpha value is -1.26. The molecule has 4 rings (SSSR count). The molecule has 0 bridgehead atoms. The van der Waals surface area contributed by atoms with Crippen molar-refractivity contribution in [3.05, 3.63) is 23.8 Å². The molecular formula is C25H41IN4O3. The van der Waals surface area contributed by atoms with Crippen molar-refractivity contribution >= 4 is 29.9 Å². The first-order valence-electron chi connectivity index (χ1n) is 12.2. The molecule has 2 N–H and O–H groups in total. The zero-order chi connectivity index (χ0) is 22.4. The van der Waals surface area contributed by atoms with Crippen molar-refractivity contribution in [1.29, 1.82) is 0 Å². The third-order valence-electron chi connectivity index (χ3n) is 7.43. The summed E-state index contributed by atoms with van der Waals surface area (Å²) in [6, 6.07) is 6.44. The number of ether oxygens (including phenoxy) is 3. The van der Waals surface area contributed by atoms with Gasteiger partial charge < -0.3 is 24.8 Å². The van der Waals surface area contributed by atoms with E-state index in [2.05, 4.69) is 34.6 Å². The molecule has 0 spiro atoms. The Kier molecular flexibility index (Phi) is 9.94. The highest BCUT2D eigenvalue weighted by molar-refractivity contribution is 14.0. The largest absolute Gasteiger partial charge is 0.493 e. The summed E-state index contributed by atoms with van der Waals surface area (Å²) < 4.78 is 16.6. The van der Waals surface area contributed by atoms with Crippen LogP contribution in [0.3, 0.4) is 0 Å². The molecule has 1 aromatic carbocycles. The van der Waals surface area contributed by atoms with Crippen LogP contribution in [0.25, 0.3) is 0 Å². The van der Waals surface area contributed by atoms with Gasteiger partial charge in [-0.3, -0.25) is 9.89 Å². The third kappa shape index (κ3) is 6.45. The SMILES string of the molecule is CCNC(=NCC1(C2CC2)CCC1)NCC(c1ccc(OC)c(OC)c1)N1CCOCC1.I. The van der Waals surface area contributed by atoms with Crippen LogP contribution in [0.15, 0.2) is 23.2 Å². The highest BCUT2D eigenvalue weighted by Gasteiger charge is 2.48. The monoisotopic (exact) mass is 572 g/mol. The maximum absolute atomic E-state index is 5.61. The quantitative estimate of drug-likeness (QED) is 0.253. The van der Waals surface area contributed by atoms with Crippen molar-refractivity contribution in [2.24, 2.45) is 16.3 Å². The van der Waals surface area contributed by atoms with Crippen molar-refractivity contribution < 1.29 is 14.2 Å². The van der Waals surface area contributed by atoms with Crippen molar-refractivity contribution in [3.8, 4) is 11.5 Å². The molecule has 2 aliphatic carbocycles. The van der Waals surface area contributed by atoms with Crippen LogP contribution in [-0.2, 0) is 4.74 Å². The van der Waals surface area contributed by atoms with Gasteiger partial charge in [0.15, 0.2) is 17.5 Å². The fraction of sp³-hybridized carbons (Fsp3) is 0.720. The number of morpholine rings is 1. The molecule has 8 heteroatoms. The Morgan fingerprint density at radius 3 is 2.45 bits per heavy atom. The fourth-order valence-corrected chi connectivity index (χ4v) is 5.20. The lowest BCUT2D eigenvalue weighted by atomic mass is 9.65. The maximum atomic E-state index is 5.61. The molecule has 1 saturated heterocycles. The number of methoxy groups -OCH3 is 2. The minimum absolute atomic E-state index is 0. The molecule has 33 heavy (non-hydrogen) atoms. The highest BCUT2D eigenvalue weighted by atomic mass is 127. The van der Waals surface area contributed by atoms with E-state index in [0.717, 1.165) is 69.3 Å². The van der Waals surface area contributed by atoms with E-state index in [-0.39, 0.29) is 30.0 Å². The van der Waals surface area contributed by atoms with Crippen molar-refractivity contribution in [2.45, 2.75) is 45.1 Å². The number of guanidine groups is 1. The fourth-order valence-electron chi connectivity index (χ4n) is 5.20. The first-order valence-corrected chi connectivity index (χ1v) is 12.2. The minimum atomic E-state index is 0. The van der Waals surface area contributed by atoms with Crippen LogP contribution in [0, 0.1) is 11.3 Å². The molecule has 0 amide bonds. The summed E-state index contributed by atoms with van der Waals surface area (Å²) in [5.41, 5.74) is 1.69. The van der Waals surface area contributed by atoms with E-state index in [1.165, 1.54) is 37.7 Å². The molecule has 7 nitrogen and oxygen atoms in total. The van der Waals surface area contributed by atoms with Gasteiger partial charge in [0.25, 0.3) is 0 Å². The number of rotatable bonds is 10. The minimum Gasteiger partial charge on any atom is -0.493 e. The maximum Gasteiger partial charge on any atom is 0.191 e. The number of hydrogen-bond donors (Lipinski definition) is 2. The van der Waals surface area contributed by atoms with Crippen LogP contribution < -0.4 is 20.1 Å². The van der Waals surface area contributed by atoms with Gasteiger partial charge in [0.2, 0.25) is 0 Å². The first kappa shape index (κ1) is 26.3. The van der Waals surface area contributed by atoms with Crippen LogP contribution in [-0.4, -0.2) is 71.0 Å². The molecule has 1 aliphatic heterocycles. The van der Waals surface area contributed by atoms with Gasteiger partial charge in [0.05, 0.1) is 33.5 Å². The van der Waals surface area contributed by atoms with E-state index in [9.17, 15) is 0 Å². The van der Waals surface area contributed by atoms with E-state index in [1.807, 2.05) is 6.07 Å². The first-order chi connectivity index (χ1) is 15.7. The van der Waals surface area contributed by atoms with Crippen LogP contribution >= 0.6 is 24.0 Å². The van der Waals surface area contributed by atoms with Gasteiger partial charge in [-0.15, -0.1) is 24.0 Å². The number of aliphatic imine (C=N–C) groups is 1. The summed E-state index contributed by atoms with van der Waals surface area (Å²) in [6.45, 7) is 8.08. The van der Waals surface area contributed by atoms with Gasteiger partial charge in [-0.05, 0) is 61.6 Å². The van der Waals surface area contributed by atoms with Crippen molar-refractivity contribution in [2.75, 3.05) is 60.2 Å². The second-order valence-corrected chi connectivity index (χ2v) is 9.34. The highest BCUT2D eigenvalue weighted by Crippen LogP contribution is 2.57. The molecule has 1 unspecified atom stereocenters. The van der Waals surface area contributed by atoms with Crippen molar-refractivity contribution in [3.63, 3.8) is 0 Å². The molecule has 3 fully saturated rings. The van der Waals surface area contributed by atoms with Gasteiger partial charge in [-0.25, -0.2) is 0 Å². The zero-order valence-corrected chi connectivity index (χ0v) is 22.7. The molecule has 2 saturated carbocycles. The predicted octanol–water partition coefficient (Wildman–Crippen LogP) is 3.83. The zero-order valence-electron chi connectivity index (χ0n) is 20.4. The summed E-state index contributed by atoms with van der Waals surface area (Å²) in [7, 11) is 3.37. The predicted molar refractivity (Wildman–Crippen MR) is 143 cm³/mol. The van der Waals surface area contributed by atoms with Crippen LogP contribution in [0.2, 0.25) is 0 Å². The second-order valence-electron chi connectivity index (χ2n) is 9.34. The number of halogens is 1. The molecule has 0 radical (unpaired) electrons. The van der Waals surface area contributed by atoms with Gasteiger partial charge in [0, 0.05) is 32.7 Å². The topological polar surface area (TPSA) is 67.4 Å². The molecule has 0 aromatic heterocycles. The molecule has 3 aliphatic rings.